The maximum atomic E-state index is 13.1. The van der Waals surface area contributed by atoms with Crippen molar-refractivity contribution in [1.82, 2.24) is 4.98 Å². The van der Waals surface area contributed by atoms with Crippen molar-refractivity contribution in [3.05, 3.63) is 53.5 Å². The number of rotatable bonds is 5. The first-order valence-electron chi connectivity index (χ1n) is 8.71. The van der Waals surface area contributed by atoms with Gasteiger partial charge < -0.3 is 9.47 Å². The fourth-order valence-electron chi connectivity index (χ4n) is 3.00. The number of amides is 1. The van der Waals surface area contributed by atoms with Crippen molar-refractivity contribution in [1.29, 1.82) is 0 Å². The van der Waals surface area contributed by atoms with E-state index in [9.17, 15) is 9.18 Å². The van der Waals surface area contributed by atoms with E-state index in [2.05, 4.69) is 4.98 Å². The predicted molar refractivity (Wildman–Crippen MR) is 97.0 cm³/mol. The number of anilines is 1. The Hall–Kier alpha value is -2.47. The Balaban J connectivity index is 1.85. The van der Waals surface area contributed by atoms with Crippen molar-refractivity contribution >= 4 is 11.6 Å². The Morgan fingerprint density at radius 1 is 1.35 bits per heavy atom. The first-order valence-corrected chi connectivity index (χ1v) is 8.71. The van der Waals surface area contributed by atoms with Crippen molar-refractivity contribution < 1.29 is 18.7 Å². The van der Waals surface area contributed by atoms with E-state index in [1.807, 2.05) is 19.9 Å². The third-order valence-electron chi connectivity index (χ3n) is 4.21. The SMILES string of the molecule is CC(=O)N1c2cc(Cc3ccc(F)cc3)cnc2OC[C@@H]1COC(C)C. The number of fused-ring (bicyclic) bond motifs is 1. The lowest BCUT2D eigenvalue weighted by atomic mass is 10.1. The highest BCUT2D eigenvalue weighted by Gasteiger charge is 2.32. The molecule has 0 spiro atoms. The number of ether oxygens (including phenoxy) is 2. The van der Waals surface area contributed by atoms with Crippen LogP contribution in [0.1, 0.15) is 31.9 Å². The van der Waals surface area contributed by atoms with Crippen LogP contribution in [-0.2, 0) is 16.0 Å². The molecule has 1 aromatic heterocycles. The second-order valence-corrected chi connectivity index (χ2v) is 6.71. The number of hydrogen-bond acceptors (Lipinski definition) is 4. The number of halogens is 1. The minimum absolute atomic E-state index is 0.0763. The maximum absolute atomic E-state index is 13.1. The molecular weight excluding hydrogens is 335 g/mol. The Morgan fingerprint density at radius 2 is 2.08 bits per heavy atom. The summed E-state index contributed by atoms with van der Waals surface area (Å²) in [5, 5.41) is 0. The van der Waals surface area contributed by atoms with Crippen molar-refractivity contribution in [2.75, 3.05) is 18.1 Å². The molecule has 5 nitrogen and oxygen atoms in total. The third-order valence-corrected chi connectivity index (χ3v) is 4.21. The van der Waals surface area contributed by atoms with Gasteiger partial charge in [0.1, 0.15) is 18.1 Å². The van der Waals surface area contributed by atoms with E-state index in [0.29, 0.717) is 31.2 Å². The molecule has 0 N–H and O–H groups in total. The standard InChI is InChI=1S/C20H23FN2O3/c1-13(2)25-11-18-12-26-20-19(23(18)14(3)24)9-16(10-22-20)8-15-4-6-17(21)7-5-15/h4-7,9-10,13,18H,8,11-12H2,1-3H3/t18-/m0/s1. The molecule has 2 aromatic rings. The van der Waals surface area contributed by atoms with Gasteiger partial charge in [0, 0.05) is 13.1 Å². The summed E-state index contributed by atoms with van der Waals surface area (Å²) in [5.41, 5.74) is 2.55. The lowest BCUT2D eigenvalue weighted by Crippen LogP contribution is -2.49. The molecule has 1 aliphatic heterocycles. The third kappa shape index (κ3) is 4.19. The molecule has 0 bridgehead atoms. The number of nitrogens with zero attached hydrogens (tertiary/aromatic N) is 2. The van der Waals surface area contributed by atoms with Crippen LogP contribution in [-0.4, -0.2) is 36.3 Å². The molecule has 0 fully saturated rings. The van der Waals surface area contributed by atoms with E-state index in [1.165, 1.54) is 19.1 Å². The zero-order valence-corrected chi connectivity index (χ0v) is 15.2. The summed E-state index contributed by atoms with van der Waals surface area (Å²) in [7, 11) is 0. The van der Waals surface area contributed by atoms with Crippen molar-refractivity contribution in [2.45, 2.75) is 39.3 Å². The lowest BCUT2D eigenvalue weighted by molar-refractivity contribution is -0.118. The predicted octanol–water partition coefficient (Wildman–Crippen LogP) is 3.35. The molecule has 0 saturated carbocycles. The van der Waals surface area contributed by atoms with Gasteiger partial charge in [-0.1, -0.05) is 12.1 Å². The van der Waals surface area contributed by atoms with E-state index in [0.717, 1.165) is 11.1 Å². The molecule has 0 unspecified atom stereocenters. The summed E-state index contributed by atoms with van der Waals surface area (Å²) in [6, 6.07) is 8.08. The van der Waals surface area contributed by atoms with Gasteiger partial charge in [0.15, 0.2) is 0 Å². The molecule has 3 rings (SSSR count). The van der Waals surface area contributed by atoms with Crippen LogP contribution in [0.5, 0.6) is 5.88 Å². The van der Waals surface area contributed by atoms with Gasteiger partial charge in [-0.25, -0.2) is 9.37 Å². The molecule has 1 aliphatic rings. The molecule has 26 heavy (non-hydrogen) atoms. The van der Waals surface area contributed by atoms with Gasteiger partial charge in [-0.3, -0.25) is 9.69 Å². The van der Waals surface area contributed by atoms with E-state index in [4.69, 9.17) is 9.47 Å². The Kier molecular flexibility index (Phi) is 5.52. The molecule has 1 atom stereocenters. The second kappa shape index (κ2) is 7.83. The van der Waals surface area contributed by atoms with Gasteiger partial charge >= 0.3 is 0 Å². The van der Waals surface area contributed by atoms with Crippen molar-refractivity contribution in [3.8, 4) is 5.88 Å². The van der Waals surface area contributed by atoms with Gasteiger partial charge in [-0.15, -0.1) is 0 Å². The minimum Gasteiger partial charge on any atom is -0.474 e. The molecule has 0 saturated heterocycles. The number of benzene rings is 1. The summed E-state index contributed by atoms with van der Waals surface area (Å²) in [6.45, 7) is 6.20. The number of hydrogen-bond donors (Lipinski definition) is 0. The smallest absolute Gasteiger partial charge is 0.238 e. The molecule has 1 aromatic carbocycles. The largest absolute Gasteiger partial charge is 0.474 e. The Bertz CT molecular complexity index is 777. The van der Waals surface area contributed by atoms with E-state index in [-0.39, 0.29) is 23.9 Å². The second-order valence-electron chi connectivity index (χ2n) is 6.71. The van der Waals surface area contributed by atoms with Gasteiger partial charge in [-0.05, 0) is 49.6 Å². The first kappa shape index (κ1) is 18.3. The summed E-state index contributed by atoms with van der Waals surface area (Å²) < 4.78 is 24.5. The number of carbonyl (C=O) groups excluding carboxylic acids is 1. The van der Waals surface area contributed by atoms with Crippen LogP contribution in [0.3, 0.4) is 0 Å². The summed E-state index contributed by atoms with van der Waals surface area (Å²) in [4.78, 5) is 18.3. The van der Waals surface area contributed by atoms with E-state index in [1.54, 1.807) is 23.2 Å². The summed E-state index contributed by atoms with van der Waals surface area (Å²) in [5.74, 6) is 0.109. The molecule has 0 aliphatic carbocycles. The first-order chi connectivity index (χ1) is 12.4. The van der Waals surface area contributed by atoms with Crippen LogP contribution in [0.2, 0.25) is 0 Å². The average molecular weight is 358 g/mol. The number of pyridine rings is 1. The molecular formula is C20H23FN2O3. The fourth-order valence-corrected chi connectivity index (χ4v) is 3.00. The molecule has 138 valence electrons. The highest BCUT2D eigenvalue weighted by Crippen LogP contribution is 2.33. The van der Waals surface area contributed by atoms with Crippen LogP contribution in [0.15, 0.2) is 36.5 Å². The molecule has 0 radical (unpaired) electrons. The van der Waals surface area contributed by atoms with E-state index < -0.39 is 0 Å². The summed E-state index contributed by atoms with van der Waals surface area (Å²) in [6.07, 6.45) is 2.40. The minimum atomic E-state index is -0.263. The van der Waals surface area contributed by atoms with Crippen molar-refractivity contribution in [3.63, 3.8) is 0 Å². The quantitative estimate of drug-likeness (QED) is 0.822. The zero-order chi connectivity index (χ0) is 18.7. The highest BCUT2D eigenvalue weighted by atomic mass is 19.1. The van der Waals surface area contributed by atoms with E-state index >= 15 is 0 Å². The van der Waals surface area contributed by atoms with Crippen LogP contribution in [0.4, 0.5) is 10.1 Å². The molecule has 2 heterocycles. The van der Waals surface area contributed by atoms with Crippen LogP contribution >= 0.6 is 0 Å². The number of aromatic nitrogens is 1. The van der Waals surface area contributed by atoms with Crippen LogP contribution < -0.4 is 9.64 Å². The van der Waals surface area contributed by atoms with Gasteiger partial charge in [0.25, 0.3) is 0 Å². The lowest BCUT2D eigenvalue weighted by Gasteiger charge is -2.36. The normalized spacial score (nSPS) is 16.3. The van der Waals surface area contributed by atoms with Crippen molar-refractivity contribution in [2.24, 2.45) is 0 Å². The Labute approximate surface area is 152 Å². The monoisotopic (exact) mass is 358 g/mol. The summed E-state index contributed by atoms with van der Waals surface area (Å²) >= 11 is 0. The average Bonchev–Trinajstić information content (AvgIpc) is 2.61. The zero-order valence-electron chi connectivity index (χ0n) is 15.2. The van der Waals surface area contributed by atoms with Gasteiger partial charge in [0.05, 0.1) is 18.8 Å². The van der Waals surface area contributed by atoms with Gasteiger partial charge in [0.2, 0.25) is 11.8 Å². The Morgan fingerprint density at radius 3 is 2.73 bits per heavy atom. The maximum Gasteiger partial charge on any atom is 0.238 e. The number of carbonyl (C=O) groups is 1. The van der Waals surface area contributed by atoms with Crippen LogP contribution in [0, 0.1) is 5.82 Å². The van der Waals surface area contributed by atoms with Gasteiger partial charge in [-0.2, -0.15) is 0 Å². The highest BCUT2D eigenvalue weighted by molar-refractivity contribution is 5.94. The van der Waals surface area contributed by atoms with Crippen LogP contribution in [0.25, 0.3) is 0 Å². The molecule has 6 heteroatoms. The topological polar surface area (TPSA) is 51.7 Å². The fraction of sp³-hybridized carbons (Fsp3) is 0.400. The molecule has 1 amide bonds.